The predicted octanol–water partition coefficient (Wildman–Crippen LogP) is 7.58. The lowest BCUT2D eigenvalue weighted by molar-refractivity contribution is -0.314. The van der Waals surface area contributed by atoms with Crippen LogP contribution >= 0.6 is 0 Å². The summed E-state index contributed by atoms with van der Waals surface area (Å²) in [5.41, 5.74) is -0.231. The van der Waals surface area contributed by atoms with Gasteiger partial charge < -0.3 is 9.84 Å². The van der Waals surface area contributed by atoms with Crippen molar-refractivity contribution in [3.8, 4) is 0 Å². The minimum absolute atomic E-state index is 0.00446. The summed E-state index contributed by atoms with van der Waals surface area (Å²) in [4.78, 5) is 45.7. The SMILES string of the molecule is CCCCC(CC)COC(=O)C(CC(ON1C(C)(CC)CC(=O)C(C)C1(C)CC)C(=O)O)CC(C)c1ccccc1. The normalized spacial score (nSPS) is 26.2. The average Bonchev–Trinajstić information content (AvgIpc) is 2.97. The summed E-state index contributed by atoms with van der Waals surface area (Å²) >= 11 is 0. The van der Waals surface area contributed by atoms with Crippen LogP contribution in [0.2, 0.25) is 0 Å². The number of rotatable bonds is 17. The van der Waals surface area contributed by atoms with Gasteiger partial charge in [-0.2, -0.15) is 5.06 Å². The van der Waals surface area contributed by atoms with E-state index in [0.29, 0.717) is 38.2 Å². The van der Waals surface area contributed by atoms with E-state index in [4.69, 9.17) is 9.57 Å². The van der Waals surface area contributed by atoms with Crippen molar-refractivity contribution < 1.29 is 29.1 Å². The van der Waals surface area contributed by atoms with E-state index in [1.807, 2.05) is 65.0 Å². The van der Waals surface area contributed by atoms with Crippen LogP contribution in [0.4, 0.5) is 0 Å². The van der Waals surface area contributed by atoms with E-state index >= 15 is 0 Å². The topological polar surface area (TPSA) is 93.1 Å². The maximum atomic E-state index is 13.6. The summed E-state index contributed by atoms with van der Waals surface area (Å²) in [6, 6.07) is 9.95. The third-order valence-corrected chi connectivity index (χ3v) is 9.75. The molecule has 1 aliphatic heterocycles. The fourth-order valence-corrected chi connectivity index (χ4v) is 6.13. The zero-order valence-electron chi connectivity index (χ0n) is 26.8. The molecule has 0 bridgehead atoms. The lowest BCUT2D eigenvalue weighted by atomic mass is 9.70. The Labute approximate surface area is 248 Å². The number of ketones is 1. The first-order chi connectivity index (χ1) is 19.4. The minimum atomic E-state index is -1.25. The molecule has 1 fully saturated rings. The highest BCUT2D eigenvalue weighted by Crippen LogP contribution is 2.45. The van der Waals surface area contributed by atoms with Crippen LogP contribution in [0.25, 0.3) is 0 Å². The largest absolute Gasteiger partial charge is 0.479 e. The van der Waals surface area contributed by atoms with Crippen molar-refractivity contribution in [3.63, 3.8) is 0 Å². The first-order valence-corrected chi connectivity index (χ1v) is 15.8. The minimum Gasteiger partial charge on any atom is -0.479 e. The Balaban J connectivity index is 2.36. The van der Waals surface area contributed by atoms with Crippen LogP contribution in [0.3, 0.4) is 0 Å². The van der Waals surface area contributed by atoms with Gasteiger partial charge in [0.05, 0.1) is 23.6 Å². The van der Waals surface area contributed by atoms with Gasteiger partial charge in [-0.15, -0.1) is 0 Å². The van der Waals surface area contributed by atoms with Crippen molar-refractivity contribution in [1.82, 2.24) is 5.06 Å². The molecule has 7 unspecified atom stereocenters. The molecular formula is C34H55NO6. The molecule has 1 aromatic rings. The Kier molecular flexibility index (Phi) is 13.5. The van der Waals surface area contributed by atoms with Gasteiger partial charge in [-0.05, 0) is 63.4 Å². The number of hydrogen-bond acceptors (Lipinski definition) is 6. The monoisotopic (exact) mass is 573 g/mol. The van der Waals surface area contributed by atoms with E-state index < -0.39 is 29.1 Å². The molecule has 1 saturated heterocycles. The van der Waals surface area contributed by atoms with Gasteiger partial charge in [-0.3, -0.25) is 14.4 Å². The lowest BCUT2D eigenvalue weighted by Gasteiger charge is -2.56. The van der Waals surface area contributed by atoms with E-state index in [1.165, 1.54) is 0 Å². The van der Waals surface area contributed by atoms with Gasteiger partial charge in [0.25, 0.3) is 0 Å². The standard InChI is InChI=1S/C34H55NO6/c1-9-13-17-26(10-2)23-40-32(39)28(20-24(5)27-18-15-14-16-19-27)21-30(31(37)38)41-35-33(7,11-3)22-29(36)25(6)34(35,8)12-4/h14-16,18-19,24-26,28,30H,9-13,17,20-23H2,1-8H3,(H,37,38). The molecule has 0 radical (unpaired) electrons. The zero-order valence-corrected chi connectivity index (χ0v) is 26.8. The number of carboxylic acid groups (broad SMARTS) is 1. The molecule has 0 amide bonds. The first-order valence-electron chi connectivity index (χ1n) is 15.8. The summed E-state index contributed by atoms with van der Waals surface area (Å²) in [6.07, 6.45) is 4.83. The smallest absolute Gasteiger partial charge is 0.335 e. The number of carboxylic acids is 1. The molecule has 0 aliphatic carbocycles. The number of unbranched alkanes of at least 4 members (excludes halogenated alkanes) is 1. The van der Waals surface area contributed by atoms with Crippen LogP contribution in [0.5, 0.6) is 0 Å². The predicted molar refractivity (Wildman–Crippen MR) is 162 cm³/mol. The second-order valence-electron chi connectivity index (χ2n) is 12.7. The number of aliphatic carboxylic acids is 1. The van der Waals surface area contributed by atoms with Crippen LogP contribution < -0.4 is 0 Å². The summed E-state index contributed by atoms with van der Waals surface area (Å²) in [7, 11) is 0. The van der Waals surface area contributed by atoms with E-state index in [9.17, 15) is 19.5 Å². The number of piperidine rings is 1. The number of ether oxygens (including phenoxy) is 1. The molecule has 1 aromatic carbocycles. The molecule has 0 saturated carbocycles. The molecule has 7 nitrogen and oxygen atoms in total. The maximum Gasteiger partial charge on any atom is 0.335 e. The van der Waals surface area contributed by atoms with Gasteiger partial charge in [0.2, 0.25) is 0 Å². The molecule has 1 N–H and O–H groups in total. The molecular weight excluding hydrogens is 518 g/mol. The number of nitrogens with zero attached hydrogens (tertiary/aromatic N) is 1. The highest BCUT2D eigenvalue weighted by Gasteiger charge is 2.54. The molecule has 1 heterocycles. The third kappa shape index (κ3) is 8.87. The first kappa shape index (κ1) is 34.9. The van der Waals surface area contributed by atoms with Gasteiger partial charge in [0.15, 0.2) is 6.10 Å². The van der Waals surface area contributed by atoms with Crippen LogP contribution in [-0.4, -0.2) is 51.7 Å². The molecule has 2 rings (SSSR count). The Hall–Kier alpha value is -2.25. The number of Topliss-reactive ketones (excluding diaryl/α,β-unsaturated/α-hetero) is 1. The molecule has 232 valence electrons. The van der Waals surface area contributed by atoms with E-state index in [1.54, 1.807) is 5.06 Å². The summed E-state index contributed by atoms with van der Waals surface area (Å²) in [5, 5.41) is 12.2. The van der Waals surface area contributed by atoms with Crippen molar-refractivity contribution >= 4 is 17.7 Å². The Bertz CT molecular complexity index is 983. The van der Waals surface area contributed by atoms with Crippen molar-refractivity contribution in [1.29, 1.82) is 0 Å². The number of carbonyl (C=O) groups excluding carboxylic acids is 2. The average molecular weight is 574 g/mol. The highest BCUT2D eigenvalue weighted by molar-refractivity contribution is 5.84. The number of benzene rings is 1. The van der Waals surface area contributed by atoms with Crippen LogP contribution in [0.15, 0.2) is 30.3 Å². The van der Waals surface area contributed by atoms with E-state index in [0.717, 1.165) is 31.2 Å². The van der Waals surface area contributed by atoms with Crippen molar-refractivity contribution in [2.75, 3.05) is 6.61 Å². The van der Waals surface area contributed by atoms with E-state index in [-0.39, 0.29) is 30.0 Å². The third-order valence-electron chi connectivity index (χ3n) is 9.75. The van der Waals surface area contributed by atoms with Gasteiger partial charge in [0, 0.05) is 12.3 Å². The Morgan fingerprint density at radius 1 is 1.07 bits per heavy atom. The number of carbonyl (C=O) groups is 3. The number of esters is 1. The Morgan fingerprint density at radius 3 is 2.27 bits per heavy atom. The highest BCUT2D eigenvalue weighted by atomic mass is 16.7. The quantitative estimate of drug-likeness (QED) is 0.192. The van der Waals surface area contributed by atoms with Gasteiger partial charge in [0.1, 0.15) is 5.78 Å². The molecule has 7 heteroatoms. The molecule has 7 atom stereocenters. The molecule has 41 heavy (non-hydrogen) atoms. The summed E-state index contributed by atoms with van der Waals surface area (Å²) in [6.45, 7) is 16.5. The zero-order chi connectivity index (χ0) is 30.8. The van der Waals surface area contributed by atoms with Crippen molar-refractivity contribution in [2.24, 2.45) is 17.8 Å². The maximum absolute atomic E-state index is 13.6. The summed E-state index contributed by atoms with van der Waals surface area (Å²) < 4.78 is 5.87. The number of hydrogen-bond donors (Lipinski definition) is 1. The van der Waals surface area contributed by atoms with Crippen molar-refractivity contribution in [3.05, 3.63) is 35.9 Å². The van der Waals surface area contributed by atoms with Gasteiger partial charge >= 0.3 is 11.9 Å². The fourth-order valence-electron chi connectivity index (χ4n) is 6.13. The van der Waals surface area contributed by atoms with Gasteiger partial charge in [-0.1, -0.05) is 91.1 Å². The van der Waals surface area contributed by atoms with Crippen LogP contribution in [-0.2, 0) is 24.0 Å². The number of hydroxylamine groups is 2. The Morgan fingerprint density at radius 2 is 1.73 bits per heavy atom. The molecule has 0 spiro atoms. The molecule has 0 aromatic heterocycles. The second-order valence-corrected chi connectivity index (χ2v) is 12.7. The van der Waals surface area contributed by atoms with Crippen molar-refractivity contribution in [2.45, 2.75) is 136 Å². The molecule has 1 aliphatic rings. The summed E-state index contributed by atoms with van der Waals surface area (Å²) in [5.74, 6) is -1.96. The van der Waals surface area contributed by atoms with Crippen LogP contribution in [0, 0.1) is 17.8 Å². The fraction of sp³-hybridized carbons (Fsp3) is 0.735. The van der Waals surface area contributed by atoms with Gasteiger partial charge in [-0.25, -0.2) is 4.79 Å². The van der Waals surface area contributed by atoms with Crippen LogP contribution in [0.1, 0.15) is 125 Å². The second kappa shape index (κ2) is 15.8. The van der Waals surface area contributed by atoms with E-state index in [2.05, 4.69) is 20.8 Å². The lowest BCUT2D eigenvalue weighted by Crippen LogP contribution is -2.67.